The average molecular weight is 639 g/mol. The number of hydrogen-bond donors (Lipinski definition) is 0. The number of cyclic esters (lactones) is 6. The molecule has 3 heterocycles. The van der Waals surface area contributed by atoms with Crippen molar-refractivity contribution in [3.8, 4) is 0 Å². The van der Waals surface area contributed by atoms with Gasteiger partial charge in [-0.25, -0.2) is 9.59 Å². The highest BCUT2D eigenvalue weighted by atomic mass is 16.6. The van der Waals surface area contributed by atoms with Crippen LogP contribution in [0.3, 0.4) is 0 Å². The highest BCUT2D eigenvalue weighted by molar-refractivity contribution is 6.05. The Kier molecular flexibility index (Phi) is 12.1. The van der Waals surface area contributed by atoms with Gasteiger partial charge in [-0.3, -0.25) is 19.2 Å². The Hall–Kier alpha value is -5.18. The minimum Gasteiger partial charge on any atom is -0.393 e. The molecule has 7 unspecified atom stereocenters. The summed E-state index contributed by atoms with van der Waals surface area (Å²) in [5.41, 5.74) is 2.27. The molecule has 3 aliphatic heterocycles. The van der Waals surface area contributed by atoms with E-state index < -0.39 is 59.5 Å². The molecule has 0 bridgehead atoms. The maximum absolute atomic E-state index is 12.9. The molecule has 2 aromatic carbocycles. The van der Waals surface area contributed by atoms with E-state index >= 15 is 0 Å². The van der Waals surface area contributed by atoms with Crippen molar-refractivity contribution in [2.75, 3.05) is 0 Å². The maximum atomic E-state index is 12.9. The molecule has 0 amide bonds. The minimum atomic E-state index is -0.662. The first-order valence-electron chi connectivity index (χ1n) is 15.6. The van der Waals surface area contributed by atoms with Crippen molar-refractivity contribution in [2.45, 2.75) is 39.0 Å². The normalized spacial score (nSPS) is 25.5. The van der Waals surface area contributed by atoms with Gasteiger partial charge >= 0.3 is 35.8 Å². The molecule has 2 fully saturated rings. The molecule has 0 saturated carbocycles. The van der Waals surface area contributed by atoms with Gasteiger partial charge in [-0.15, -0.1) is 0 Å². The quantitative estimate of drug-likeness (QED) is 0.196. The van der Waals surface area contributed by atoms with Gasteiger partial charge < -0.3 is 14.2 Å². The van der Waals surface area contributed by atoms with Crippen LogP contribution in [0.1, 0.15) is 50.2 Å². The van der Waals surface area contributed by atoms with Crippen LogP contribution in [0.5, 0.6) is 0 Å². The molecular weight excluding hydrogens is 600 g/mol. The number of benzene rings is 2. The third-order valence-electron chi connectivity index (χ3n) is 8.81. The van der Waals surface area contributed by atoms with Crippen molar-refractivity contribution >= 4 is 41.9 Å². The van der Waals surface area contributed by atoms with E-state index in [0.29, 0.717) is 19.3 Å². The molecule has 1 aliphatic carbocycles. The molecule has 0 radical (unpaired) electrons. The molecule has 7 atom stereocenters. The van der Waals surface area contributed by atoms with Gasteiger partial charge in [-0.05, 0) is 48.1 Å². The monoisotopic (exact) mass is 638 g/mol. The Morgan fingerprint density at radius 2 is 1.34 bits per heavy atom. The van der Waals surface area contributed by atoms with Crippen LogP contribution in [0, 0.1) is 35.5 Å². The van der Waals surface area contributed by atoms with Crippen molar-refractivity contribution in [1.29, 1.82) is 0 Å². The van der Waals surface area contributed by atoms with E-state index in [0.717, 1.165) is 17.7 Å². The average Bonchev–Trinajstić information content (AvgIpc) is 3.69. The summed E-state index contributed by atoms with van der Waals surface area (Å²) in [6, 6.07) is 19.9. The number of esters is 6. The minimum absolute atomic E-state index is 0.0336. The summed E-state index contributed by atoms with van der Waals surface area (Å²) in [7, 11) is 0. The van der Waals surface area contributed by atoms with E-state index in [9.17, 15) is 28.8 Å². The number of ether oxygens (including phenoxy) is 3. The molecule has 4 aliphatic rings. The van der Waals surface area contributed by atoms with E-state index in [1.54, 1.807) is 6.92 Å². The summed E-state index contributed by atoms with van der Waals surface area (Å²) in [5, 5.41) is 0. The fraction of sp³-hybridized carbons (Fsp3) is 0.316. The van der Waals surface area contributed by atoms with E-state index in [2.05, 4.69) is 11.3 Å². The Balaban J connectivity index is 0.000000271. The van der Waals surface area contributed by atoms with Crippen LogP contribution < -0.4 is 0 Å². The van der Waals surface area contributed by atoms with Crippen LogP contribution in [-0.4, -0.2) is 35.8 Å². The lowest BCUT2D eigenvalue weighted by atomic mass is 9.67. The number of carbonyl (C=O) groups excluding carboxylic acids is 6. The van der Waals surface area contributed by atoms with Gasteiger partial charge in [0.25, 0.3) is 0 Å². The summed E-state index contributed by atoms with van der Waals surface area (Å²) in [5.74, 6) is -5.99. The Bertz CT molecular complexity index is 1550. The predicted octanol–water partition coefficient (Wildman–Crippen LogP) is 5.93. The van der Waals surface area contributed by atoms with Gasteiger partial charge in [0.1, 0.15) is 0 Å². The number of allylic oxidation sites excluding steroid dienone is 4. The Morgan fingerprint density at radius 3 is 1.83 bits per heavy atom. The molecule has 6 rings (SSSR count). The molecule has 0 spiro atoms. The van der Waals surface area contributed by atoms with Crippen molar-refractivity contribution in [3.05, 3.63) is 115 Å². The van der Waals surface area contributed by atoms with Gasteiger partial charge in [0.15, 0.2) is 0 Å². The molecule has 2 aromatic rings. The zero-order valence-electron chi connectivity index (χ0n) is 26.4. The summed E-state index contributed by atoms with van der Waals surface area (Å²) in [6.07, 6.45) is 13.4. The zero-order chi connectivity index (χ0) is 33.9. The van der Waals surface area contributed by atoms with Crippen LogP contribution in [-0.2, 0) is 43.0 Å². The van der Waals surface area contributed by atoms with Crippen LogP contribution in [0.25, 0.3) is 6.08 Å². The lowest BCUT2D eigenvalue weighted by Gasteiger charge is -2.33. The SMILES string of the molecule is C=Cc1ccccc1.CC(CC1C(=O)OC(=O)C1C(CC1C(=O)OC(=O)C1C)C1C=CC=CC1)c1ccccc1.O=C1C=CC(=O)O1. The van der Waals surface area contributed by atoms with E-state index in [4.69, 9.17) is 9.47 Å². The number of rotatable bonds is 8. The Labute approximate surface area is 274 Å². The smallest absolute Gasteiger partial charge is 0.338 e. The second-order valence-electron chi connectivity index (χ2n) is 11.9. The highest BCUT2D eigenvalue weighted by Crippen LogP contribution is 2.45. The maximum Gasteiger partial charge on any atom is 0.338 e. The van der Waals surface area contributed by atoms with Crippen LogP contribution in [0.4, 0.5) is 0 Å². The molecule has 244 valence electrons. The molecule has 0 N–H and O–H groups in total. The molecule has 9 heteroatoms. The van der Waals surface area contributed by atoms with E-state index in [1.807, 2.05) is 98.0 Å². The van der Waals surface area contributed by atoms with Crippen molar-refractivity contribution in [1.82, 2.24) is 0 Å². The lowest BCUT2D eigenvalue weighted by molar-refractivity contribution is -0.156. The third kappa shape index (κ3) is 9.19. The molecule has 9 nitrogen and oxygen atoms in total. The van der Waals surface area contributed by atoms with E-state index in [-0.39, 0.29) is 17.8 Å². The first-order chi connectivity index (χ1) is 22.6. The van der Waals surface area contributed by atoms with Crippen LogP contribution in [0.15, 0.2) is 104 Å². The summed E-state index contributed by atoms with van der Waals surface area (Å²) in [6.45, 7) is 7.35. The van der Waals surface area contributed by atoms with Gasteiger partial charge in [-0.2, -0.15) is 0 Å². The topological polar surface area (TPSA) is 130 Å². The second-order valence-corrected chi connectivity index (χ2v) is 11.9. The first-order valence-corrected chi connectivity index (χ1v) is 15.6. The highest BCUT2D eigenvalue weighted by Gasteiger charge is 2.53. The van der Waals surface area contributed by atoms with Crippen LogP contribution >= 0.6 is 0 Å². The van der Waals surface area contributed by atoms with Gasteiger partial charge in [0, 0.05) is 12.2 Å². The standard InChI is InChI=1S/C26H28O6.C8H8.C4H2O3/c1-15(17-9-5-3-6-10-17)13-21-22(26(30)32-25(21)29)20(18-11-7-4-8-12-18)14-19-16(2)23(27)31-24(19)28;1-2-8-6-4-3-5-7-8;5-3-1-2-4(6)7-3/h3-11,15-16,18-22H,12-14H2,1-2H3;2-7H,1H2;1-2H. The number of carbonyl (C=O) groups is 6. The fourth-order valence-corrected chi connectivity index (χ4v) is 6.20. The molecule has 0 aromatic heterocycles. The zero-order valence-corrected chi connectivity index (χ0v) is 26.4. The number of hydrogen-bond acceptors (Lipinski definition) is 9. The summed E-state index contributed by atoms with van der Waals surface area (Å²) in [4.78, 5) is 69.8. The van der Waals surface area contributed by atoms with Gasteiger partial charge in [0.05, 0.1) is 23.7 Å². The molecule has 47 heavy (non-hydrogen) atoms. The Morgan fingerprint density at radius 1 is 0.745 bits per heavy atom. The largest absolute Gasteiger partial charge is 0.393 e. The van der Waals surface area contributed by atoms with Gasteiger partial charge in [-0.1, -0.05) is 111 Å². The lowest BCUT2D eigenvalue weighted by Crippen LogP contribution is -2.35. The fourth-order valence-electron chi connectivity index (χ4n) is 6.20. The molecular formula is C38H38O9. The first kappa shape index (κ1) is 34.7. The predicted molar refractivity (Wildman–Crippen MR) is 173 cm³/mol. The van der Waals surface area contributed by atoms with Crippen LogP contribution in [0.2, 0.25) is 0 Å². The van der Waals surface area contributed by atoms with Gasteiger partial charge in [0.2, 0.25) is 0 Å². The second kappa shape index (κ2) is 16.4. The summed E-state index contributed by atoms with van der Waals surface area (Å²) < 4.78 is 13.9. The summed E-state index contributed by atoms with van der Waals surface area (Å²) >= 11 is 0. The van der Waals surface area contributed by atoms with Crippen molar-refractivity contribution < 1.29 is 43.0 Å². The molecule has 2 saturated heterocycles. The van der Waals surface area contributed by atoms with Crippen molar-refractivity contribution in [2.24, 2.45) is 35.5 Å². The van der Waals surface area contributed by atoms with E-state index in [1.165, 1.54) is 5.56 Å². The third-order valence-corrected chi connectivity index (χ3v) is 8.81. The van der Waals surface area contributed by atoms with Crippen molar-refractivity contribution in [3.63, 3.8) is 0 Å².